The smallest absolute Gasteiger partial charge is 0.0486 e. The van der Waals surface area contributed by atoms with E-state index in [0.29, 0.717) is 24.0 Å². The van der Waals surface area contributed by atoms with E-state index >= 15 is 0 Å². The minimum absolute atomic E-state index is 0.385. The molecule has 174 valence electrons. The van der Waals surface area contributed by atoms with Gasteiger partial charge in [0.1, 0.15) is 0 Å². The minimum atomic E-state index is 0.385. The second kappa shape index (κ2) is 9.23. The Morgan fingerprint density at radius 1 is 0.970 bits per heavy atom. The first-order valence-electron chi connectivity index (χ1n) is 13.2. The Hall–Kier alpha value is -2.17. The summed E-state index contributed by atoms with van der Waals surface area (Å²) < 4.78 is 2.67. The summed E-state index contributed by atoms with van der Waals surface area (Å²) in [5, 5.41) is 5.30. The van der Waals surface area contributed by atoms with E-state index in [1.54, 1.807) is 0 Å². The standard InChI is InChI=1S/C29H38N4/c30-23-7-9-24(10-8-23)32-16-13-25(21-11-14-31-15-12-21)27-19-33(28-4-2-1-3-26(27)28)29-18-20-5-6-22(29)17-20/h1-4,11-12,14-15,19-20,22-25,29,32H,5-10,13,16-18,30H2. The van der Waals surface area contributed by atoms with E-state index < -0.39 is 0 Å². The fourth-order valence-electron chi connectivity index (χ4n) is 7.19. The van der Waals surface area contributed by atoms with Crippen molar-refractivity contribution in [3.8, 4) is 0 Å². The fraction of sp³-hybridized carbons (Fsp3) is 0.552. The zero-order valence-electron chi connectivity index (χ0n) is 19.7. The van der Waals surface area contributed by atoms with Crippen LogP contribution in [0, 0.1) is 11.8 Å². The number of nitrogens with zero attached hydrogens (tertiary/aromatic N) is 2. The fourth-order valence-corrected chi connectivity index (χ4v) is 7.19. The van der Waals surface area contributed by atoms with Crippen LogP contribution in [0.4, 0.5) is 0 Å². The second-order valence-electron chi connectivity index (χ2n) is 10.9. The van der Waals surface area contributed by atoms with Crippen molar-refractivity contribution >= 4 is 10.9 Å². The summed E-state index contributed by atoms with van der Waals surface area (Å²) in [5.74, 6) is 2.21. The van der Waals surface area contributed by atoms with Gasteiger partial charge < -0.3 is 15.6 Å². The van der Waals surface area contributed by atoms with E-state index in [9.17, 15) is 0 Å². The summed E-state index contributed by atoms with van der Waals surface area (Å²) in [6, 6.07) is 15.3. The molecule has 0 radical (unpaired) electrons. The van der Waals surface area contributed by atoms with Gasteiger partial charge in [-0.1, -0.05) is 24.6 Å². The lowest BCUT2D eigenvalue weighted by Crippen LogP contribution is -2.38. The molecular formula is C29H38N4. The highest BCUT2D eigenvalue weighted by Gasteiger charge is 2.41. The summed E-state index contributed by atoms with van der Waals surface area (Å²) in [7, 11) is 0. The van der Waals surface area contributed by atoms with Gasteiger partial charge in [-0.25, -0.2) is 0 Å². The van der Waals surface area contributed by atoms with Crippen LogP contribution in [-0.2, 0) is 0 Å². The summed E-state index contributed by atoms with van der Waals surface area (Å²) in [6.45, 7) is 1.04. The largest absolute Gasteiger partial charge is 0.344 e. The highest BCUT2D eigenvalue weighted by molar-refractivity contribution is 5.85. The first kappa shape index (κ1) is 21.4. The maximum Gasteiger partial charge on any atom is 0.0486 e. The van der Waals surface area contributed by atoms with Crippen molar-refractivity contribution in [3.63, 3.8) is 0 Å². The Kier molecular flexibility index (Phi) is 5.98. The van der Waals surface area contributed by atoms with Crippen molar-refractivity contribution in [2.24, 2.45) is 17.6 Å². The van der Waals surface area contributed by atoms with Crippen LogP contribution in [0.2, 0.25) is 0 Å². The van der Waals surface area contributed by atoms with Crippen molar-refractivity contribution in [2.75, 3.05) is 6.54 Å². The monoisotopic (exact) mass is 442 g/mol. The molecule has 0 aliphatic heterocycles. The minimum Gasteiger partial charge on any atom is -0.344 e. The molecule has 3 aliphatic rings. The van der Waals surface area contributed by atoms with Gasteiger partial charge in [0.15, 0.2) is 0 Å². The molecule has 6 rings (SSSR count). The molecule has 3 aromatic rings. The van der Waals surface area contributed by atoms with E-state index in [0.717, 1.165) is 37.6 Å². The Bertz CT molecular complexity index is 1070. The van der Waals surface area contributed by atoms with Gasteiger partial charge in [-0.05, 0) is 99.1 Å². The van der Waals surface area contributed by atoms with E-state index in [-0.39, 0.29) is 0 Å². The predicted octanol–water partition coefficient (Wildman–Crippen LogP) is 5.78. The lowest BCUT2D eigenvalue weighted by molar-refractivity contribution is 0.336. The number of pyridine rings is 1. The average molecular weight is 443 g/mol. The van der Waals surface area contributed by atoms with E-state index in [4.69, 9.17) is 5.73 Å². The summed E-state index contributed by atoms with van der Waals surface area (Å²) >= 11 is 0. The third-order valence-electron chi connectivity index (χ3n) is 8.95. The SMILES string of the molecule is NC1CCC(NCCC(c2ccncc2)c2cn(C3CC4CCC3C4)c3ccccc23)CC1. The molecule has 4 nitrogen and oxygen atoms in total. The van der Waals surface area contributed by atoms with Gasteiger partial charge in [0.25, 0.3) is 0 Å². The van der Waals surface area contributed by atoms with Gasteiger partial charge in [-0.3, -0.25) is 4.98 Å². The number of fused-ring (bicyclic) bond motifs is 3. The zero-order valence-corrected chi connectivity index (χ0v) is 19.7. The number of nitrogens with one attached hydrogen (secondary N) is 1. The quantitative estimate of drug-likeness (QED) is 0.488. The van der Waals surface area contributed by atoms with Crippen LogP contribution in [-0.4, -0.2) is 28.2 Å². The number of aromatic nitrogens is 2. The molecule has 0 spiro atoms. The van der Waals surface area contributed by atoms with E-state index in [2.05, 4.69) is 57.5 Å². The molecule has 4 unspecified atom stereocenters. The molecule has 3 aliphatic carbocycles. The van der Waals surface area contributed by atoms with Crippen LogP contribution in [0.15, 0.2) is 55.0 Å². The molecule has 4 heteroatoms. The summed E-state index contributed by atoms with van der Waals surface area (Å²) in [5.41, 5.74) is 10.4. The Balaban J connectivity index is 1.30. The van der Waals surface area contributed by atoms with Gasteiger partial charge in [-0.2, -0.15) is 0 Å². The van der Waals surface area contributed by atoms with Crippen molar-refractivity contribution in [3.05, 3.63) is 66.1 Å². The first-order chi connectivity index (χ1) is 16.3. The van der Waals surface area contributed by atoms with Crippen molar-refractivity contribution in [2.45, 2.75) is 81.8 Å². The molecule has 1 aromatic carbocycles. The lowest BCUT2D eigenvalue weighted by atomic mass is 9.88. The van der Waals surface area contributed by atoms with Crippen LogP contribution < -0.4 is 11.1 Å². The molecule has 3 fully saturated rings. The molecular weight excluding hydrogens is 404 g/mol. The van der Waals surface area contributed by atoms with Crippen LogP contribution in [0.25, 0.3) is 10.9 Å². The summed E-state index contributed by atoms with van der Waals surface area (Å²) in [6.07, 6.45) is 18.0. The zero-order chi connectivity index (χ0) is 22.2. The van der Waals surface area contributed by atoms with Crippen molar-refractivity contribution in [1.29, 1.82) is 0 Å². The highest BCUT2D eigenvalue weighted by atomic mass is 15.0. The molecule has 3 N–H and O–H groups in total. The van der Waals surface area contributed by atoms with Crippen molar-refractivity contribution in [1.82, 2.24) is 14.9 Å². The number of para-hydroxylation sites is 1. The van der Waals surface area contributed by atoms with E-state index in [1.807, 2.05) is 12.4 Å². The average Bonchev–Trinajstić information content (AvgIpc) is 3.58. The number of benzene rings is 1. The highest BCUT2D eigenvalue weighted by Crippen LogP contribution is 2.52. The number of nitrogens with two attached hydrogens (primary N) is 1. The van der Waals surface area contributed by atoms with Crippen LogP contribution in [0.3, 0.4) is 0 Å². The van der Waals surface area contributed by atoms with Gasteiger partial charge in [0, 0.05) is 53.5 Å². The summed E-state index contributed by atoms with van der Waals surface area (Å²) in [4.78, 5) is 4.31. The third-order valence-corrected chi connectivity index (χ3v) is 8.95. The topological polar surface area (TPSA) is 55.9 Å². The molecule has 33 heavy (non-hydrogen) atoms. The maximum atomic E-state index is 6.12. The Morgan fingerprint density at radius 3 is 2.55 bits per heavy atom. The van der Waals surface area contributed by atoms with Gasteiger partial charge in [0.05, 0.1) is 0 Å². The number of hydrogen-bond donors (Lipinski definition) is 2. The lowest BCUT2D eigenvalue weighted by Gasteiger charge is -2.28. The molecule has 2 heterocycles. The molecule has 3 saturated carbocycles. The second-order valence-corrected chi connectivity index (χ2v) is 10.9. The van der Waals surface area contributed by atoms with Crippen LogP contribution in [0.5, 0.6) is 0 Å². The molecule has 2 bridgehead atoms. The normalized spacial score (nSPS) is 30.2. The van der Waals surface area contributed by atoms with Gasteiger partial charge in [-0.15, -0.1) is 0 Å². The van der Waals surface area contributed by atoms with Gasteiger partial charge >= 0.3 is 0 Å². The Morgan fingerprint density at radius 2 is 1.79 bits per heavy atom. The number of rotatable bonds is 7. The Labute approximate surface area is 198 Å². The predicted molar refractivity (Wildman–Crippen MR) is 135 cm³/mol. The number of hydrogen-bond acceptors (Lipinski definition) is 3. The molecule has 0 saturated heterocycles. The van der Waals surface area contributed by atoms with Crippen molar-refractivity contribution < 1.29 is 0 Å². The maximum absolute atomic E-state index is 6.12. The molecule has 2 aromatic heterocycles. The molecule has 4 atom stereocenters. The first-order valence-corrected chi connectivity index (χ1v) is 13.2. The van der Waals surface area contributed by atoms with E-state index in [1.165, 1.54) is 60.6 Å². The molecule has 0 amide bonds. The van der Waals surface area contributed by atoms with Crippen LogP contribution in [0.1, 0.15) is 80.9 Å². The van der Waals surface area contributed by atoms with Gasteiger partial charge in [0.2, 0.25) is 0 Å². The van der Waals surface area contributed by atoms with Crippen LogP contribution >= 0.6 is 0 Å². The third kappa shape index (κ3) is 4.24.